The van der Waals surface area contributed by atoms with Crippen molar-refractivity contribution < 1.29 is 9.53 Å². The lowest BCUT2D eigenvalue weighted by molar-refractivity contribution is -0.167. The molecule has 16 heavy (non-hydrogen) atoms. The number of fused-ring (bicyclic) bond motifs is 2. The molecule has 0 aromatic carbocycles. The number of nitrogens with two attached hydrogens (primary N) is 1. The Morgan fingerprint density at radius 1 is 1.12 bits per heavy atom. The van der Waals surface area contributed by atoms with Gasteiger partial charge in [0, 0.05) is 6.04 Å². The quantitative estimate of drug-likeness (QED) is 0.723. The van der Waals surface area contributed by atoms with E-state index in [2.05, 4.69) is 0 Å². The molecule has 3 nitrogen and oxygen atoms in total. The molecule has 4 fully saturated rings. The van der Waals surface area contributed by atoms with Crippen molar-refractivity contribution in [1.82, 2.24) is 0 Å². The third kappa shape index (κ3) is 1.27. The van der Waals surface area contributed by atoms with Crippen LogP contribution in [0.25, 0.3) is 0 Å². The van der Waals surface area contributed by atoms with Gasteiger partial charge in [0.05, 0.1) is 12.5 Å². The summed E-state index contributed by atoms with van der Waals surface area (Å²) in [6.07, 6.45) is 5.09. The molecule has 0 amide bonds. The van der Waals surface area contributed by atoms with E-state index in [0.717, 1.165) is 11.8 Å². The summed E-state index contributed by atoms with van der Waals surface area (Å²) in [6, 6.07) is 0.0688. The number of esters is 1. The SMILES string of the molecule is CCOC(=O)[C@H]1[C@H](N)[C@@H]2CC[C@H]1C1CCC12. The van der Waals surface area contributed by atoms with Gasteiger partial charge in [0.1, 0.15) is 0 Å². The minimum absolute atomic E-state index is 0.000231. The Kier molecular flexibility index (Phi) is 2.46. The maximum atomic E-state index is 12.0. The van der Waals surface area contributed by atoms with Crippen LogP contribution >= 0.6 is 0 Å². The normalized spacial score (nSPS) is 49.4. The summed E-state index contributed by atoms with van der Waals surface area (Å²) in [5.41, 5.74) is 6.28. The van der Waals surface area contributed by atoms with E-state index in [4.69, 9.17) is 10.5 Å². The lowest BCUT2D eigenvalue weighted by Gasteiger charge is -2.60. The Morgan fingerprint density at radius 3 is 2.31 bits per heavy atom. The molecule has 4 aliphatic carbocycles. The molecule has 0 aliphatic heterocycles. The van der Waals surface area contributed by atoms with Crippen LogP contribution in [0.4, 0.5) is 0 Å². The Hall–Kier alpha value is -0.570. The minimum Gasteiger partial charge on any atom is -0.466 e. The minimum atomic E-state index is -0.0324. The van der Waals surface area contributed by atoms with Gasteiger partial charge in [-0.25, -0.2) is 0 Å². The summed E-state index contributed by atoms with van der Waals surface area (Å²) in [5.74, 6) is 2.71. The van der Waals surface area contributed by atoms with Crippen molar-refractivity contribution in [3.63, 3.8) is 0 Å². The summed E-state index contributed by atoms with van der Waals surface area (Å²) in [6.45, 7) is 2.35. The summed E-state index contributed by atoms with van der Waals surface area (Å²) in [4.78, 5) is 12.0. The van der Waals surface area contributed by atoms with E-state index >= 15 is 0 Å². The van der Waals surface area contributed by atoms with E-state index in [1.807, 2.05) is 6.92 Å². The first-order valence-electron chi connectivity index (χ1n) is 6.66. The third-order valence-electron chi connectivity index (χ3n) is 5.25. The van der Waals surface area contributed by atoms with E-state index in [9.17, 15) is 4.79 Å². The highest BCUT2D eigenvalue weighted by atomic mass is 16.5. The molecule has 0 heterocycles. The van der Waals surface area contributed by atoms with Crippen LogP contribution in [0.1, 0.15) is 32.6 Å². The van der Waals surface area contributed by atoms with Crippen LogP contribution < -0.4 is 5.73 Å². The van der Waals surface area contributed by atoms with Crippen LogP contribution in [0, 0.1) is 29.6 Å². The third-order valence-corrected chi connectivity index (χ3v) is 5.25. The van der Waals surface area contributed by atoms with E-state index in [-0.39, 0.29) is 17.9 Å². The maximum Gasteiger partial charge on any atom is 0.310 e. The van der Waals surface area contributed by atoms with Gasteiger partial charge in [-0.05, 0) is 56.3 Å². The molecule has 4 aliphatic rings. The zero-order valence-corrected chi connectivity index (χ0v) is 9.89. The first-order valence-corrected chi connectivity index (χ1v) is 6.66. The second-order valence-electron chi connectivity index (χ2n) is 5.67. The second-order valence-corrected chi connectivity index (χ2v) is 5.67. The summed E-state index contributed by atoms with van der Waals surface area (Å²) < 4.78 is 5.19. The van der Waals surface area contributed by atoms with E-state index in [1.54, 1.807) is 0 Å². The molecule has 6 atom stereocenters. The molecule has 2 N–H and O–H groups in total. The summed E-state index contributed by atoms with van der Waals surface area (Å²) in [7, 11) is 0. The number of hydrogen-bond donors (Lipinski definition) is 1. The van der Waals surface area contributed by atoms with Gasteiger partial charge in [-0.1, -0.05) is 0 Å². The number of rotatable bonds is 2. The number of ether oxygens (including phenoxy) is 1. The van der Waals surface area contributed by atoms with Gasteiger partial charge in [-0.2, -0.15) is 0 Å². The zero-order valence-electron chi connectivity index (χ0n) is 9.89. The average Bonchev–Trinajstić information content (AvgIpc) is 2.19. The standard InChI is InChI=1S/C13H21NO2/c1-2-16-13(15)11-9-5-6-10(12(11)14)8-4-3-7(8)9/h7-12H,2-6,14H2,1H3/t7?,8?,9-,10+,11+,12+/m0/s1. The largest absolute Gasteiger partial charge is 0.466 e. The van der Waals surface area contributed by atoms with E-state index < -0.39 is 0 Å². The molecule has 0 saturated heterocycles. The predicted molar refractivity (Wildman–Crippen MR) is 60.5 cm³/mol. The number of carbonyl (C=O) groups is 1. The average molecular weight is 223 g/mol. The molecule has 0 spiro atoms. The van der Waals surface area contributed by atoms with Gasteiger partial charge in [-0.15, -0.1) is 0 Å². The van der Waals surface area contributed by atoms with E-state index in [1.165, 1.54) is 25.7 Å². The van der Waals surface area contributed by atoms with Gasteiger partial charge in [0.15, 0.2) is 0 Å². The van der Waals surface area contributed by atoms with Gasteiger partial charge >= 0.3 is 5.97 Å². The Bertz CT molecular complexity index is 304. The molecular formula is C13H21NO2. The summed E-state index contributed by atoms with van der Waals surface area (Å²) >= 11 is 0. The highest BCUT2D eigenvalue weighted by Crippen LogP contribution is 2.59. The van der Waals surface area contributed by atoms with Crippen molar-refractivity contribution in [3.05, 3.63) is 0 Å². The smallest absolute Gasteiger partial charge is 0.310 e. The topological polar surface area (TPSA) is 52.3 Å². The monoisotopic (exact) mass is 223 g/mol. The Labute approximate surface area is 96.7 Å². The molecule has 3 heteroatoms. The first kappa shape index (κ1) is 10.6. The second kappa shape index (κ2) is 3.73. The molecule has 0 aromatic rings. The lowest BCUT2D eigenvalue weighted by atomic mass is 9.46. The van der Waals surface area contributed by atoms with Gasteiger partial charge in [-0.3, -0.25) is 4.79 Å². The highest BCUT2D eigenvalue weighted by molar-refractivity contribution is 5.74. The van der Waals surface area contributed by atoms with Crippen molar-refractivity contribution in [1.29, 1.82) is 0 Å². The zero-order chi connectivity index (χ0) is 11.3. The van der Waals surface area contributed by atoms with Gasteiger partial charge in [0.25, 0.3) is 0 Å². The van der Waals surface area contributed by atoms with Crippen LogP contribution in [0.3, 0.4) is 0 Å². The van der Waals surface area contributed by atoms with Crippen molar-refractivity contribution in [2.24, 2.45) is 35.3 Å². The maximum absolute atomic E-state index is 12.0. The van der Waals surface area contributed by atoms with Crippen molar-refractivity contribution in [2.75, 3.05) is 6.61 Å². The highest BCUT2D eigenvalue weighted by Gasteiger charge is 2.58. The van der Waals surface area contributed by atoms with Crippen molar-refractivity contribution >= 4 is 5.97 Å². The number of carbonyl (C=O) groups excluding carboxylic acids is 1. The van der Waals surface area contributed by atoms with Crippen molar-refractivity contribution in [3.8, 4) is 0 Å². The Balaban J connectivity index is 1.81. The molecule has 2 unspecified atom stereocenters. The Morgan fingerprint density at radius 2 is 1.69 bits per heavy atom. The van der Waals surface area contributed by atoms with Crippen LogP contribution in [0.5, 0.6) is 0 Å². The first-order chi connectivity index (χ1) is 7.74. The fourth-order valence-corrected chi connectivity index (χ4v) is 4.47. The molecule has 0 radical (unpaired) electrons. The molecule has 90 valence electrons. The van der Waals surface area contributed by atoms with Crippen LogP contribution in [0.2, 0.25) is 0 Å². The van der Waals surface area contributed by atoms with E-state index in [0.29, 0.717) is 18.4 Å². The van der Waals surface area contributed by atoms with Crippen LogP contribution in [-0.2, 0) is 9.53 Å². The van der Waals surface area contributed by atoms with Crippen LogP contribution in [-0.4, -0.2) is 18.6 Å². The summed E-state index contributed by atoms with van der Waals surface area (Å²) in [5, 5.41) is 0. The van der Waals surface area contributed by atoms with Gasteiger partial charge in [0.2, 0.25) is 0 Å². The van der Waals surface area contributed by atoms with Gasteiger partial charge < -0.3 is 10.5 Å². The molecule has 4 rings (SSSR count). The fraction of sp³-hybridized carbons (Fsp3) is 0.923. The predicted octanol–water partition coefficient (Wildman–Crippen LogP) is 1.56. The molecule has 0 aromatic heterocycles. The van der Waals surface area contributed by atoms with Crippen LogP contribution in [0.15, 0.2) is 0 Å². The molecule has 4 saturated carbocycles. The van der Waals surface area contributed by atoms with Crippen molar-refractivity contribution in [2.45, 2.75) is 38.6 Å². The fourth-order valence-electron chi connectivity index (χ4n) is 4.47. The molecular weight excluding hydrogens is 202 g/mol. The number of hydrogen-bond acceptors (Lipinski definition) is 3. The molecule has 2 bridgehead atoms. The lowest BCUT2D eigenvalue weighted by Crippen LogP contribution is -2.62.